The maximum atomic E-state index is 13.1. The molecule has 0 spiro atoms. The van der Waals surface area contributed by atoms with Gasteiger partial charge in [0.05, 0.1) is 38.3 Å². The SMILES string of the molecule is Cc1c(Cl)cccc1N1C(=O)C[C@@H]([NH+]2CCN(c3cccc(Cl)c3)CC2)C1=O. The van der Waals surface area contributed by atoms with Crippen LogP contribution in [0.3, 0.4) is 0 Å². The lowest BCUT2D eigenvalue weighted by molar-refractivity contribution is -0.915. The number of halogens is 2. The van der Waals surface area contributed by atoms with E-state index in [1.165, 1.54) is 9.80 Å². The van der Waals surface area contributed by atoms with Gasteiger partial charge < -0.3 is 9.80 Å². The standard InChI is InChI=1S/C21H21Cl2N3O2/c1-14-17(23)6-3-7-18(14)26-20(27)13-19(21(26)28)25-10-8-24(9-11-25)16-5-2-4-15(22)12-16/h2-7,12,19H,8-11,13H2,1H3/p+1/t19-/m1/s1. The van der Waals surface area contributed by atoms with Crippen LogP contribution in [0.15, 0.2) is 42.5 Å². The number of anilines is 2. The molecule has 2 aliphatic heterocycles. The van der Waals surface area contributed by atoms with E-state index in [0.717, 1.165) is 42.5 Å². The van der Waals surface area contributed by atoms with Crippen LogP contribution in [0.5, 0.6) is 0 Å². The van der Waals surface area contributed by atoms with Crippen molar-refractivity contribution in [3.63, 3.8) is 0 Å². The highest BCUT2D eigenvalue weighted by atomic mass is 35.5. The number of nitrogens with one attached hydrogen (secondary N) is 1. The molecule has 0 aromatic heterocycles. The number of quaternary nitrogens is 1. The molecule has 146 valence electrons. The van der Waals surface area contributed by atoms with Crippen LogP contribution in [0.1, 0.15) is 12.0 Å². The Morgan fingerprint density at radius 3 is 2.46 bits per heavy atom. The Balaban J connectivity index is 1.47. The summed E-state index contributed by atoms with van der Waals surface area (Å²) in [6.45, 7) is 5.09. The van der Waals surface area contributed by atoms with Gasteiger partial charge in [-0.3, -0.25) is 9.59 Å². The number of rotatable bonds is 3. The summed E-state index contributed by atoms with van der Waals surface area (Å²) in [6.07, 6.45) is 0.247. The number of piperazine rings is 1. The molecular weight excluding hydrogens is 397 g/mol. The number of nitrogens with zero attached hydrogens (tertiary/aromatic N) is 2. The lowest BCUT2D eigenvalue weighted by Crippen LogP contribution is -3.19. The molecule has 2 aromatic carbocycles. The fourth-order valence-electron chi connectivity index (χ4n) is 4.12. The lowest BCUT2D eigenvalue weighted by atomic mass is 10.1. The van der Waals surface area contributed by atoms with E-state index in [4.69, 9.17) is 23.2 Å². The van der Waals surface area contributed by atoms with Crippen molar-refractivity contribution >= 4 is 46.4 Å². The number of amides is 2. The van der Waals surface area contributed by atoms with Crippen LogP contribution in [0.4, 0.5) is 11.4 Å². The summed E-state index contributed by atoms with van der Waals surface area (Å²) < 4.78 is 0. The Hall–Kier alpha value is -2.08. The summed E-state index contributed by atoms with van der Waals surface area (Å²) in [5, 5.41) is 1.28. The van der Waals surface area contributed by atoms with E-state index in [1.54, 1.807) is 18.2 Å². The van der Waals surface area contributed by atoms with E-state index in [-0.39, 0.29) is 24.3 Å². The molecule has 28 heavy (non-hydrogen) atoms. The van der Waals surface area contributed by atoms with Gasteiger partial charge in [0.2, 0.25) is 5.91 Å². The molecule has 0 unspecified atom stereocenters. The normalized spacial score (nSPS) is 20.9. The third kappa shape index (κ3) is 3.50. The number of benzene rings is 2. The van der Waals surface area contributed by atoms with Crippen LogP contribution in [0, 0.1) is 6.92 Å². The fraction of sp³-hybridized carbons (Fsp3) is 0.333. The molecule has 0 saturated carbocycles. The summed E-state index contributed by atoms with van der Waals surface area (Å²) in [5.41, 5.74) is 2.45. The van der Waals surface area contributed by atoms with Gasteiger partial charge in [-0.2, -0.15) is 0 Å². The van der Waals surface area contributed by atoms with Crippen molar-refractivity contribution in [1.82, 2.24) is 0 Å². The summed E-state index contributed by atoms with van der Waals surface area (Å²) in [6, 6.07) is 12.8. The van der Waals surface area contributed by atoms with Gasteiger partial charge >= 0.3 is 0 Å². The third-order valence-corrected chi connectivity index (χ3v) is 6.34. The first-order valence-electron chi connectivity index (χ1n) is 9.42. The average molecular weight is 419 g/mol. The molecule has 2 heterocycles. The minimum Gasteiger partial charge on any atom is -0.360 e. The summed E-state index contributed by atoms with van der Waals surface area (Å²) in [4.78, 5) is 30.5. The van der Waals surface area contributed by atoms with Crippen molar-refractivity contribution in [2.45, 2.75) is 19.4 Å². The monoisotopic (exact) mass is 418 g/mol. The molecule has 7 heteroatoms. The van der Waals surface area contributed by atoms with E-state index in [0.29, 0.717) is 10.7 Å². The van der Waals surface area contributed by atoms with Gasteiger partial charge in [-0.25, -0.2) is 4.90 Å². The molecule has 2 aliphatic rings. The van der Waals surface area contributed by atoms with Crippen LogP contribution < -0.4 is 14.7 Å². The van der Waals surface area contributed by atoms with Gasteiger partial charge in [-0.15, -0.1) is 0 Å². The maximum absolute atomic E-state index is 13.1. The van der Waals surface area contributed by atoms with Crippen molar-refractivity contribution in [3.05, 3.63) is 58.1 Å². The molecule has 2 fully saturated rings. The number of hydrogen-bond donors (Lipinski definition) is 1. The van der Waals surface area contributed by atoms with E-state index in [1.807, 2.05) is 31.2 Å². The molecular formula is C21H22Cl2N3O2+. The molecule has 5 nitrogen and oxygen atoms in total. The third-order valence-electron chi connectivity index (χ3n) is 5.70. The second-order valence-electron chi connectivity index (χ2n) is 7.33. The van der Waals surface area contributed by atoms with Gasteiger partial charge in [-0.1, -0.05) is 35.3 Å². The topological polar surface area (TPSA) is 45.1 Å². The molecule has 4 rings (SSSR count). The molecule has 2 saturated heterocycles. The molecule has 1 atom stereocenters. The largest absolute Gasteiger partial charge is 0.360 e. The summed E-state index contributed by atoms with van der Waals surface area (Å²) >= 11 is 12.3. The van der Waals surface area contributed by atoms with Crippen molar-refractivity contribution in [2.24, 2.45) is 0 Å². The minimum absolute atomic E-state index is 0.124. The zero-order chi connectivity index (χ0) is 19.8. The Bertz CT molecular complexity index is 926. The first kappa shape index (κ1) is 19.2. The molecule has 0 bridgehead atoms. The van der Waals surface area contributed by atoms with E-state index in [9.17, 15) is 9.59 Å². The molecule has 0 radical (unpaired) electrons. The van der Waals surface area contributed by atoms with Gasteiger partial charge in [0.15, 0.2) is 6.04 Å². The number of hydrogen-bond acceptors (Lipinski definition) is 3. The first-order valence-corrected chi connectivity index (χ1v) is 10.2. The van der Waals surface area contributed by atoms with Crippen LogP contribution in [-0.4, -0.2) is 44.0 Å². The highest BCUT2D eigenvalue weighted by Gasteiger charge is 2.46. The zero-order valence-corrected chi connectivity index (χ0v) is 17.1. The molecule has 0 aliphatic carbocycles. The molecule has 1 N–H and O–H groups in total. The van der Waals surface area contributed by atoms with Crippen LogP contribution in [-0.2, 0) is 9.59 Å². The Morgan fingerprint density at radius 2 is 1.75 bits per heavy atom. The van der Waals surface area contributed by atoms with Crippen molar-refractivity contribution in [1.29, 1.82) is 0 Å². The van der Waals surface area contributed by atoms with Crippen LogP contribution >= 0.6 is 23.2 Å². The first-order chi connectivity index (χ1) is 13.5. The highest BCUT2D eigenvalue weighted by molar-refractivity contribution is 6.32. The van der Waals surface area contributed by atoms with Gasteiger partial charge in [0.1, 0.15) is 0 Å². The van der Waals surface area contributed by atoms with E-state index < -0.39 is 0 Å². The number of carbonyl (C=O) groups is 2. The smallest absolute Gasteiger partial charge is 0.292 e. The van der Waals surface area contributed by atoms with Crippen LogP contribution in [0.25, 0.3) is 0 Å². The number of carbonyl (C=O) groups excluding carboxylic acids is 2. The van der Waals surface area contributed by atoms with Gasteiger partial charge in [0.25, 0.3) is 5.91 Å². The van der Waals surface area contributed by atoms with E-state index >= 15 is 0 Å². The second kappa shape index (κ2) is 7.74. The quantitative estimate of drug-likeness (QED) is 0.777. The van der Waals surface area contributed by atoms with Crippen LogP contribution in [0.2, 0.25) is 10.0 Å². The summed E-state index contributed by atoms with van der Waals surface area (Å²) in [5.74, 6) is -0.272. The average Bonchev–Trinajstić information content (AvgIpc) is 2.98. The Kier molecular flexibility index (Phi) is 5.32. The van der Waals surface area contributed by atoms with Crippen molar-refractivity contribution in [3.8, 4) is 0 Å². The Morgan fingerprint density at radius 1 is 1.04 bits per heavy atom. The van der Waals surface area contributed by atoms with Crippen molar-refractivity contribution < 1.29 is 14.5 Å². The number of imide groups is 1. The van der Waals surface area contributed by atoms with Crippen molar-refractivity contribution in [2.75, 3.05) is 36.0 Å². The minimum atomic E-state index is -0.326. The fourth-order valence-corrected chi connectivity index (χ4v) is 4.47. The molecule has 2 aromatic rings. The second-order valence-corrected chi connectivity index (χ2v) is 8.18. The predicted molar refractivity (Wildman–Crippen MR) is 111 cm³/mol. The van der Waals surface area contributed by atoms with Gasteiger partial charge in [0, 0.05) is 15.7 Å². The summed E-state index contributed by atoms with van der Waals surface area (Å²) in [7, 11) is 0. The predicted octanol–water partition coefficient (Wildman–Crippen LogP) is 2.34. The lowest BCUT2D eigenvalue weighted by Gasteiger charge is -2.35. The Labute approximate surface area is 174 Å². The van der Waals surface area contributed by atoms with Gasteiger partial charge in [-0.05, 0) is 42.8 Å². The molecule has 2 amide bonds. The highest BCUT2D eigenvalue weighted by Crippen LogP contribution is 2.30. The van der Waals surface area contributed by atoms with E-state index in [2.05, 4.69) is 4.90 Å². The maximum Gasteiger partial charge on any atom is 0.292 e. The zero-order valence-electron chi connectivity index (χ0n) is 15.6.